The molecule has 1 fully saturated rings. The zero-order valence-corrected chi connectivity index (χ0v) is 12.9. The SMILES string of the molecule is CCc1cccc(NC(=O)CN2CCC(C(=O)O)C2)c1.Cl. The quantitative estimate of drug-likeness (QED) is 0.872. The van der Waals surface area contributed by atoms with Gasteiger partial charge in [0.1, 0.15) is 0 Å². The first-order valence-corrected chi connectivity index (χ1v) is 6.92. The van der Waals surface area contributed by atoms with Crippen LogP contribution in [0.2, 0.25) is 0 Å². The minimum atomic E-state index is -0.774. The summed E-state index contributed by atoms with van der Waals surface area (Å²) in [5, 5.41) is 11.8. The van der Waals surface area contributed by atoms with Crippen LogP contribution in [0.3, 0.4) is 0 Å². The van der Waals surface area contributed by atoms with E-state index < -0.39 is 5.97 Å². The molecule has 1 aromatic carbocycles. The number of carboxylic acid groups (broad SMARTS) is 1. The Hall–Kier alpha value is -1.59. The van der Waals surface area contributed by atoms with E-state index in [1.807, 2.05) is 29.2 Å². The maximum absolute atomic E-state index is 11.9. The molecule has 0 saturated carbocycles. The Morgan fingerprint density at radius 3 is 2.81 bits per heavy atom. The first-order chi connectivity index (χ1) is 9.58. The molecule has 6 heteroatoms. The van der Waals surface area contributed by atoms with Gasteiger partial charge < -0.3 is 10.4 Å². The summed E-state index contributed by atoms with van der Waals surface area (Å²) in [6.07, 6.45) is 1.55. The number of nitrogens with one attached hydrogen (secondary N) is 1. The molecule has 2 rings (SSSR count). The Balaban J connectivity index is 0.00000220. The summed E-state index contributed by atoms with van der Waals surface area (Å²) in [6.45, 7) is 3.44. The maximum Gasteiger partial charge on any atom is 0.307 e. The molecule has 1 unspecified atom stereocenters. The van der Waals surface area contributed by atoms with E-state index in [4.69, 9.17) is 5.11 Å². The first-order valence-electron chi connectivity index (χ1n) is 6.92. The third kappa shape index (κ3) is 5.02. The van der Waals surface area contributed by atoms with Crippen LogP contribution in [0.15, 0.2) is 24.3 Å². The number of aryl methyl sites for hydroxylation is 1. The number of carbonyl (C=O) groups is 2. The second-order valence-corrected chi connectivity index (χ2v) is 5.16. The van der Waals surface area contributed by atoms with Gasteiger partial charge in [0.2, 0.25) is 5.91 Å². The van der Waals surface area contributed by atoms with Crippen LogP contribution in [0.5, 0.6) is 0 Å². The van der Waals surface area contributed by atoms with E-state index in [9.17, 15) is 9.59 Å². The molecule has 0 spiro atoms. The summed E-state index contributed by atoms with van der Waals surface area (Å²) < 4.78 is 0. The van der Waals surface area contributed by atoms with Gasteiger partial charge in [-0.1, -0.05) is 19.1 Å². The minimum Gasteiger partial charge on any atom is -0.481 e. The fraction of sp³-hybridized carbons (Fsp3) is 0.467. The van der Waals surface area contributed by atoms with Gasteiger partial charge in [0.15, 0.2) is 0 Å². The number of aliphatic carboxylic acids is 1. The lowest BCUT2D eigenvalue weighted by Gasteiger charge is -2.15. The minimum absolute atomic E-state index is 0. The fourth-order valence-electron chi connectivity index (χ4n) is 2.45. The van der Waals surface area contributed by atoms with E-state index in [1.165, 1.54) is 5.56 Å². The third-order valence-electron chi connectivity index (χ3n) is 3.61. The number of carbonyl (C=O) groups excluding carboxylic acids is 1. The number of rotatable bonds is 5. The molecule has 0 aromatic heterocycles. The van der Waals surface area contributed by atoms with Crippen molar-refractivity contribution >= 4 is 30.0 Å². The summed E-state index contributed by atoms with van der Waals surface area (Å²) in [7, 11) is 0. The van der Waals surface area contributed by atoms with Crippen LogP contribution in [-0.2, 0) is 16.0 Å². The van der Waals surface area contributed by atoms with Crippen LogP contribution >= 0.6 is 12.4 Å². The topological polar surface area (TPSA) is 69.6 Å². The van der Waals surface area contributed by atoms with Crippen LogP contribution < -0.4 is 5.32 Å². The Morgan fingerprint density at radius 2 is 2.19 bits per heavy atom. The molecule has 1 aliphatic heterocycles. The number of benzene rings is 1. The second kappa shape index (κ2) is 8.00. The summed E-state index contributed by atoms with van der Waals surface area (Å²) in [5.74, 6) is -1.21. The average molecular weight is 313 g/mol. The second-order valence-electron chi connectivity index (χ2n) is 5.16. The number of hydrogen-bond donors (Lipinski definition) is 2. The zero-order chi connectivity index (χ0) is 14.5. The van der Waals surface area contributed by atoms with Gasteiger partial charge in [0.05, 0.1) is 12.5 Å². The molecule has 116 valence electrons. The summed E-state index contributed by atoms with van der Waals surface area (Å²) in [6, 6.07) is 7.77. The van der Waals surface area contributed by atoms with Gasteiger partial charge in [-0.15, -0.1) is 12.4 Å². The normalized spacial score (nSPS) is 18.0. The number of amides is 1. The van der Waals surface area contributed by atoms with E-state index in [0.29, 0.717) is 19.5 Å². The van der Waals surface area contributed by atoms with Gasteiger partial charge in [0.25, 0.3) is 0 Å². The molecule has 1 amide bonds. The van der Waals surface area contributed by atoms with Crippen molar-refractivity contribution in [3.8, 4) is 0 Å². The number of nitrogens with zero attached hydrogens (tertiary/aromatic N) is 1. The largest absolute Gasteiger partial charge is 0.481 e. The predicted octanol–water partition coefficient (Wildman–Crippen LogP) is 2.02. The molecule has 2 N–H and O–H groups in total. The number of hydrogen-bond acceptors (Lipinski definition) is 3. The summed E-state index contributed by atoms with van der Waals surface area (Å²) >= 11 is 0. The Bertz CT molecular complexity index is 507. The summed E-state index contributed by atoms with van der Waals surface area (Å²) in [5.41, 5.74) is 1.97. The Morgan fingerprint density at radius 1 is 1.43 bits per heavy atom. The lowest BCUT2D eigenvalue weighted by molar-refractivity contribution is -0.141. The molecule has 1 aromatic rings. The van der Waals surface area contributed by atoms with Crippen molar-refractivity contribution in [3.63, 3.8) is 0 Å². The number of anilines is 1. The van der Waals surface area contributed by atoms with Crippen molar-refractivity contribution < 1.29 is 14.7 Å². The predicted molar refractivity (Wildman–Crippen MR) is 83.9 cm³/mol. The van der Waals surface area contributed by atoms with Crippen LogP contribution in [0, 0.1) is 5.92 Å². The van der Waals surface area contributed by atoms with Gasteiger partial charge in [0, 0.05) is 12.2 Å². The molecule has 0 aliphatic carbocycles. The van der Waals surface area contributed by atoms with E-state index in [-0.39, 0.29) is 30.8 Å². The molecule has 1 aliphatic rings. The smallest absolute Gasteiger partial charge is 0.307 e. The van der Waals surface area contributed by atoms with Gasteiger partial charge in [-0.25, -0.2) is 0 Å². The van der Waals surface area contributed by atoms with Crippen molar-refractivity contribution in [2.45, 2.75) is 19.8 Å². The standard InChI is InChI=1S/C15H20N2O3.ClH/c1-2-11-4-3-5-13(8-11)16-14(18)10-17-7-6-12(9-17)15(19)20;/h3-5,8,12H,2,6-7,9-10H2,1H3,(H,16,18)(H,19,20);1H. The maximum atomic E-state index is 11.9. The molecule has 1 heterocycles. The highest BCUT2D eigenvalue weighted by molar-refractivity contribution is 5.92. The highest BCUT2D eigenvalue weighted by Crippen LogP contribution is 2.16. The van der Waals surface area contributed by atoms with E-state index in [1.54, 1.807) is 0 Å². The van der Waals surface area contributed by atoms with E-state index in [2.05, 4.69) is 12.2 Å². The zero-order valence-electron chi connectivity index (χ0n) is 12.0. The lowest BCUT2D eigenvalue weighted by Crippen LogP contribution is -2.32. The Labute approximate surface area is 130 Å². The van der Waals surface area contributed by atoms with Crippen LogP contribution in [-0.4, -0.2) is 41.5 Å². The fourth-order valence-corrected chi connectivity index (χ4v) is 2.45. The molecule has 5 nitrogen and oxygen atoms in total. The monoisotopic (exact) mass is 312 g/mol. The van der Waals surface area contributed by atoms with Crippen LogP contribution in [0.4, 0.5) is 5.69 Å². The first kappa shape index (κ1) is 17.5. The van der Waals surface area contributed by atoms with Gasteiger partial charge in [-0.3, -0.25) is 14.5 Å². The number of likely N-dealkylation sites (tertiary alicyclic amines) is 1. The van der Waals surface area contributed by atoms with Crippen LogP contribution in [0.1, 0.15) is 18.9 Å². The summed E-state index contributed by atoms with van der Waals surface area (Å²) in [4.78, 5) is 24.7. The molecule has 0 bridgehead atoms. The van der Waals surface area contributed by atoms with E-state index in [0.717, 1.165) is 12.1 Å². The molecule has 21 heavy (non-hydrogen) atoms. The van der Waals surface area contributed by atoms with Gasteiger partial charge >= 0.3 is 5.97 Å². The third-order valence-corrected chi connectivity index (χ3v) is 3.61. The Kier molecular flexibility index (Phi) is 6.65. The van der Waals surface area contributed by atoms with Gasteiger partial charge in [-0.05, 0) is 37.1 Å². The molecular formula is C15H21ClN2O3. The van der Waals surface area contributed by atoms with Crippen molar-refractivity contribution in [2.75, 3.05) is 25.0 Å². The average Bonchev–Trinajstić information content (AvgIpc) is 2.87. The highest BCUT2D eigenvalue weighted by atomic mass is 35.5. The van der Waals surface area contributed by atoms with Crippen molar-refractivity contribution in [1.29, 1.82) is 0 Å². The van der Waals surface area contributed by atoms with Gasteiger partial charge in [-0.2, -0.15) is 0 Å². The number of carboxylic acids is 1. The number of halogens is 1. The van der Waals surface area contributed by atoms with Crippen LogP contribution in [0.25, 0.3) is 0 Å². The highest BCUT2D eigenvalue weighted by Gasteiger charge is 2.28. The van der Waals surface area contributed by atoms with Crippen molar-refractivity contribution in [3.05, 3.63) is 29.8 Å². The van der Waals surface area contributed by atoms with E-state index >= 15 is 0 Å². The van der Waals surface area contributed by atoms with Crippen molar-refractivity contribution in [2.24, 2.45) is 5.92 Å². The molecule has 1 atom stereocenters. The molecule has 0 radical (unpaired) electrons. The lowest BCUT2D eigenvalue weighted by atomic mass is 10.1. The molecular weight excluding hydrogens is 292 g/mol. The van der Waals surface area contributed by atoms with Crippen molar-refractivity contribution in [1.82, 2.24) is 4.90 Å². The molecule has 1 saturated heterocycles.